The summed E-state index contributed by atoms with van der Waals surface area (Å²) < 4.78 is 21.4. The number of hydrogen-bond acceptors (Lipinski definition) is 7. The predicted octanol–water partition coefficient (Wildman–Crippen LogP) is 1.79. The van der Waals surface area contributed by atoms with Crippen LogP contribution in [0, 0.1) is 0 Å². The molecular weight excluding hydrogens is 274 g/mol. The van der Waals surface area contributed by atoms with Crippen LogP contribution in [0.3, 0.4) is 0 Å². The molecule has 0 atom stereocenters. The van der Waals surface area contributed by atoms with Gasteiger partial charge in [-0.05, 0) is 6.07 Å². The predicted molar refractivity (Wildman–Crippen MR) is 72.8 cm³/mol. The van der Waals surface area contributed by atoms with E-state index < -0.39 is 5.60 Å². The molecule has 7 heteroatoms. The Labute approximate surface area is 122 Å². The molecule has 0 spiro atoms. The molecule has 112 valence electrons. The van der Waals surface area contributed by atoms with Crippen molar-refractivity contribution in [3.8, 4) is 17.3 Å². The van der Waals surface area contributed by atoms with Crippen LogP contribution < -0.4 is 4.74 Å². The van der Waals surface area contributed by atoms with Crippen molar-refractivity contribution in [2.45, 2.75) is 18.4 Å². The van der Waals surface area contributed by atoms with E-state index in [1.165, 1.54) is 0 Å². The second-order valence-electron chi connectivity index (χ2n) is 4.82. The Morgan fingerprint density at radius 1 is 1.19 bits per heavy atom. The van der Waals surface area contributed by atoms with E-state index in [2.05, 4.69) is 15.1 Å². The molecule has 1 aliphatic rings. The average Bonchev–Trinajstić information content (AvgIpc) is 3.06. The smallest absolute Gasteiger partial charge is 0.259 e. The minimum Gasteiger partial charge on any atom is -0.481 e. The zero-order valence-corrected chi connectivity index (χ0v) is 12.0. The standard InChI is InChI=1S/C14H17N3O4/c1-18-11-4-3-10(9-15-11)12-16-13(21-17-12)14(19-2)5-7-20-8-6-14/h3-4,9H,5-8H2,1-2H3. The maximum absolute atomic E-state index is 5.64. The quantitative estimate of drug-likeness (QED) is 0.849. The van der Waals surface area contributed by atoms with Crippen LogP contribution in [0.15, 0.2) is 22.9 Å². The third-order valence-corrected chi connectivity index (χ3v) is 3.71. The topological polar surface area (TPSA) is 79.5 Å². The van der Waals surface area contributed by atoms with Crippen LogP contribution in [0.1, 0.15) is 18.7 Å². The number of aromatic nitrogens is 3. The molecule has 2 aromatic heterocycles. The highest BCUT2D eigenvalue weighted by molar-refractivity contribution is 5.53. The lowest BCUT2D eigenvalue weighted by Gasteiger charge is -2.32. The van der Waals surface area contributed by atoms with E-state index in [-0.39, 0.29) is 0 Å². The van der Waals surface area contributed by atoms with Crippen molar-refractivity contribution in [2.75, 3.05) is 27.4 Å². The van der Waals surface area contributed by atoms with Gasteiger partial charge < -0.3 is 18.7 Å². The highest BCUT2D eigenvalue weighted by Crippen LogP contribution is 2.35. The first-order chi connectivity index (χ1) is 10.3. The molecule has 0 unspecified atom stereocenters. The van der Waals surface area contributed by atoms with Gasteiger partial charge in [-0.3, -0.25) is 0 Å². The van der Waals surface area contributed by atoms with E-state index in [9.17, 15) is 0 Å². The van der Waals surface area contributed by atoms with Gasteiger partial charge in [-0.1, -0.05) is 5.16 Å². The third-order valence-electron chi connectivity index (χ3n) is 3.71. The molecule has 1 fully saturated rings. The number of pyridine rings is 1. The second kappa shape index (κ2) is 5.79. The lowest BCUT2D eigenvalue weighted by molar-refractivity contribution is -0.111. The van der Waals surface area contributed by atoms with Crippen LogP contribution in [-0.2, 0) is 15.1 Å². The first kappa shape index (κ1) is 14.0. The summed E-state index contributed by atoms with van der Waals surface area (Å²) in [5.74, 6) is 1.52. The molecule has 1 aliphatic heterocycles. The first-order valence-corrected chi connectivity index (χ1v) is 6.75. The van der Waals surface area contributed by atoms with Crippen LogP contribution in [0.5, 0.6) is 5.88 Å². The molecule has 0 radical (unpaired) electrons. The van der Waals surface area contributed by atoms with E-state index in [1.807, 2.05) is 6.07 Å². The Kier molecular flexibility index (Phi) is 3.85. The number of nitrogens with zero attached hydrogens (tertiary/aromatic N) is 3. The summed E-state index contributed by atoms with van der Waals surface area (Å²) in [6.07, 6.45) is 3.05. The molecule has 0 aromatic carbocycles. The molecule has 2 aromatic rings. The molecular formula is C14H17N3O4. The van der Waals surface area contributed by atoms with Gasteiger partial charge in [-0.15, -0.1) is 0 Å². The Balaban J connectivity index is 1.87. The maximum Gasteiger partial charge on any atom is 0.259 e. The monoisotopic (exact) mass is 291 g/mol. The fraction of sp³-hybridized carbons (Fsp3) is 0.500. The Morgan fingerprint density at radius 2 is 2.00 bits per heavy atom. The van der Waals surface area contributed by atoms with Gasteiger partial charge >= 0.3 is 0 Å². The van der Waals surface area contributed by atoms with Crippen molar-refractivity contribution >= 4 is 0 Å². The lowest BCUT2D eigenvalue weighted by Crippen LogP contribution is -2.35. The number of ether oxygens (including phenoxy) is 3. The number of rotatable bonds is 4. The van der Waals surface area contributed by atoms with Crippen molar-refractivity contribution in [2.24, 2.45) is 0 Å². The molecule has 0 aliphatic carbocycles. The summed E-state index contributed by atoms with van der Waals surface area (Å²) in [4.78, 5) is 8.60. The molecule has 3 heterocycles. The minimum atomic E-state index is -0.552. The van der Waals surface area contributed by atoms with Crippen molar-refractivity contribution in [1.82, 2.24) is 15.1 Å². The molecule has 0 amide bonds. The van der Waals surface area contributed by atoms with Crippen molar-refractivity contribution in [3.63, 3.8) is 0 Å². The molecule has 1 saturated heterocycles. The van der Waals surface area contributed by atoms with Crippen LogP contribution >= 0.6 is 0 Å². The molecule has 21 heavy (non-hydrogen) atoms. The van der Waals surface area contributed by atoms with Gasteiger partial charge in [-0.25, -0.2) is 4.98 Å². The molecule has 0 bridgehead atoms. The van der Waals surface area contributed by atoms with Crippen molar-refractivity contribution in [3.05, 3.63) is 24.2 Å². The average molecular weight is 291 g/mol. The third kappa shape index (κ3) is 2.62. The number of hydrogen-bond donors (Lipinski definition) is 0. The minimum absolute atomic E-state index is 0.485. The maximum atomic E-state index is 5.64. The fourth-order valence-electron chi connectivity index (χ4n) is 2.37. The van der Waals surface area contributed by atoms with Gasteiger partial charge in [0.05, 0.1) is 7.11 Å². The molecule has 0 saturated carbocycles. The van der Waals surface area contributed by atoms with Crippen molar-refractivity contribution in [1.29, 1.82) is 0 Å². The largest absolute Gasteiger partial charge is 0.481 e. The lowest BCUT2D eigenvalue weighted by atomic mass is 9.94. The second-order valence-corrected chi connectivity index (χ2v) is 4.82. The van der Waals surface area contributed by atoms with E-state index in [1.54, 1.807) is 26.5 Å². The van der Waals surface area contributed by atoms with Gasteiger partial charge in [0.25, 0.3) is 5.89 Å². The highest BCUT2D eigenvalue weighted by atomic mass is 16.5. The SMILES string of the molecule is COc1ccc(-c2noc(C3(OC)CCOCC3)n2)cn1. The summed E-state index contributed by atoms with van der Waals surface area (Å²) >= 11 is 0. The van der Waals surface area contributed by atoms with E-state index in [4.69, 9.17) is 18.7 Å². The van der Waals surface area contributed by atoms with E-state index in [0.29, 0.717) is 43.7 Å². The van der Waals surface area contributed by atoms with Crippen LogP contribution in [0.25, 0.3) is 11.4 Å². The van der Waals surface area contributed by atoms with Crippen LogP contribution in [0.2, 0.25) is 0 Å². The zero-order valence-electron chi connectivity index (χ0n) is 12.0. The van der Waals surface area contributed by atoms with E-state index >= 15 is 0 Å². The normalized spacial score (nSPS) is 17.6. The summed E-state index contributed by atoms with van der Waals surface area (Å²) in [7, 11) is 3.23. The first-order valence-electron chi connectivity index (χ1n) is 6.75. The summed E-state index contributed by atoms with van der Waals surface area (Å²) in [6, 6.07) is 3.59. The summed E-state index contributed by atoms with van der Waals surface area (Å²) in [5, 5.41) is 4.02. The number of methoxy groups -OCH3 is 2. The van der Waals surface area contributed by atoms with Crippen molar-refractivity contribution < 1.29 is 18.7 Å². The summed E-state index contributed by atoms with van der Waals surface area (Å²) in [6.45, 7) is 1.24. The molecule has 0 N–H and O–H groups in total. The van der Waals surface area contributed by atoms with Gasteiger partial charge in [0, 0.05) is 51.0 Å². The van der Waals surface area contributed by atoms with Crippen LogP contribution in [-0.4, -0.2) is 42.6 Å². The van der Waals surface area contributed by atoms with Gasteiger partial charge in [0.2, 0.25) is 11.7 Å². The van der Waals surface area contributed by atoms with Gasteiger partial charge in [0.15, 0.2) is 5.60 Å². The van der Waals surface area contributed by atoms with E-state index in [0.717, 1.165) is 5.56 Å². The summed E-state index contributed by atoms with van der Waals surface area (Å²) in [5.41, 5.74) is 0.216. The molecule has 3 rings (SSSR count). The Hall–Kier alpha value is -1.99. The van der Waals surface area contributed by atoms with Gasteiger partial charge in [0.1, 0.15) is 0 Å². The fourth-order valence-corrected chi connectivity index (χ4v) is 2.37. The zero-order chi connectivity index (χ0) is 14.7. The molecule has 7 nitrogen and oxygen atoms in total. The van der Waals surface area contributed by atoms with Crippen LogP contribution in [0.4, 0.5) is 0 Å². The Bertz CT molecular complexity index is 591. The Morgan fingerprint density at radius 3 is 2.62 bits per heavy atom. The van der Waals surface area contributed by atoms with Gasteiger partial charge in [-0.2, -0.15) is 4.98 Å². The highest BCUT2D eigenvalue weighted by Gasteiger charge is 2.40.